The average Bonchev–Trinajstić information content (AvgIpc) is 2.44. The summed E-state index contributed by atoms with van der Waals surface area (Å²) in [5, 5.41) is 0. The molecule has 1 rings (SSSR count). The molecule has 19 heavy (non-hydrogen) atoms. The lowest BCUT2D eigenvalue weighted by molar-refractivity contribution is -0.111. The molecule has 1 aromatic carbocycles. The number of carbonyl (C=O) groups excluding carboxylic acids is 1. The van der Waals surface area contributed by atoms with Gasteiger partial charge in [-0.1, -0.05) is 63.1 Å². The molecule has 0 bridgehead atoms. The van der Waals surface area contributed by atoms with Crippen molar-refractivity contribution < 1.29 is 4.79 Å². The number of hydrogen-bond acceptors (Lipinski definition) is 1. The second-order valence-electron chi connectivity index (χ2n) is 4.83. The molecule has 1 aromatic rings. The van der Waals surface area contributed by atoms with Crippen LogP contribution in [0.3, 0.4) is 0 Å². The van der Waals surface area contributed by atoms with E-state index < -0.39 is 0 Å². The molecule has 0 spiro atoms. The summed E-state index contributed by atoms with van der Waals surface area (Å²) in [5.74, 6) is 0.164. The number of rotatable bonds is 7. The third-order valence-electron chi connectivity index (χ3n) is 3.09. The van der Waals surface area contributed by atoms with Crippen LogP contribution >= 0.6 is 0 Å². The maximum atomic E-state index is 12.3. The molecule has 0 unspecified atom stereocenters. The fraction of sp³-hybridized carbons (Fsp3) is 0.389. The van der Waals surface area contributed by atoms with Gasteiger partial charge in [-0.05, 0) is 42.6 Å². The second-order valence-corrected chi connectivity index (χ2v) is 4.83. The molecule has 0 saturated carbocycles. The first kappa shape index (κ1) is 15.4. The highest BCUT2D eigenvalue weighted by Crippen LogP contribution is 2.16. The van der Waals surface area contributed by atoms with Crippen LogP contribution < -0.4 is 0 Å². The van der Waals surface area contributed by atoms with Crippen LogP contribution in [-0.2, 0) is 4.79 Å². The van der Waals surface area contributed by atoms with Crippen molar-refractivity contribution in [3.8, 4) is 0 Å². The molecule has 1 nitrogen and oxygen atoms in total. The molecule has 0 aromatic heterocycles. The topological polar surface area (TPSA) is 17.1 Å². The Labute approximate surface area is 117 Å². The number of benzene rings is 1. The first-order valence-corrected chi connectivity index (χ1v) is 7.16. The number of hydrogen-bond donors (Lipinski definition) is 0. The van der Waals surface area contributed by atoms with Gasteiger partial charge in [0.05, 0.1) is 0 Å². The summed E-state index contributed by atoms with van der Waals surface area (Å²) < 4.78 is 0. The molecule has 0 aliphatic heterocycles. The highest BCUT2D eigenvalue weighted by Gasteiger charge is 2.06. The first-order chi connectivity index (χ1) is 9.19. The minimum atomic E-state index is 0.164. The van der Waals surface area contributed by atoms with Crippen molar-refractivity contribution in [3.05, 3.63) is 53.6 Å². The van der Waals surface area contributed by atoms with E-state index in [0.717, 1.165) is 42.4 Å². The Kier molecular flexibility index (Phi) is 6.88. The van der Waals surface area contributed by atoms with E-state index in [-0.39, 0.29) is 5.78 Å². The summed E-state index contributed by atoms with van der Waals surface area (Å²) in [6.07, 6.45) is 7.82. The molecule has 0 fully saturated rings. The number of ketones is 1. The predicted octanol–water partition coefficient (Wildman–Crippen LogP) is 5.19. The number of allylic oxidation sites excluding steroid dienone is 4. The van der Waals surface area contributed by atoms with Crippen molar-refractivity contribution in [2.45, 2.75) is 46.5 Å². The van der Waals surface area contributed by atoms with Crippen LogP contribution in [-0.4, -0.2) is 5.78 Å². The maximum Gasteiger partial charge on any atom is 0.181 e. The molecule has 0 heterocycles. The number of unbranched alkanes of at least 4 members (excludes halogenated alkanes) is 1. The van der Waals surface area contributed by atoms with Gasteiger partial charge in [-0.2, -0.15) is 0 Å². The normalized spacial score (nSPS) is 12.6. The molecule has 0 saturated heterocycles. The van der Waals surface area contributed by atoms with Gasteiger partial charge in [0.1, 0.15) is 0 Å². The Morgan fingerprint density at radius 3 is 2.37 bits per heavy atom. The third-order valence-corrected chi connectivity index (χ3v) is 3.09. The van der Waals surface area contributed by atoms with Gasteiger partial charge < -0.3 is 0 Å². The average molecular weight is 256 g/mol. The van der Waals surface area contributed by atoms with E-state index >= 15 is 0 Å². The van der Waals surface area contributed by atoms with Gasteiger partial charge in [-0.15, -0.1) is 0 Å². The van der Waals surface area contributed by atoms with Gasteiger partial charge in [0.15, 0.2) is 5.78 Å². The van der Waals surface area contributed by atoms with Crippen molar-refractivity contribution in [3.63, 3.8) is 0 Å². The minimum Gasteiger partial charge on any atom is -0.290 e. The number of carbonyl (C=O) groups is 1. The van der Waals surface area contributed by atoms with Crippen molar-refractivity contribution in [1.82, 2.24) is 0 Å². The Balaban J connectivity index is 2.86. The standard InChI is InChI=1S/C18H24O/c1-4-6-11-17(10-5-2)18(19)14-15(3)16-12-8-7-9-13-16/h7-9,11-14H,4-6,10H2,1-3H3/b15-14+,17-11+. The van der Waals surface area contributed by atoms with E-state index in [1.54, 1.807) is 6.08 Å². The monoisotopic (exact) mass is 256 g/mol. The molecule has 0 amide bonds. The van der Waals surface area contributed by atoms with Crippen molar-refractivity contribution in [1.29, 1.82) is 0 Å². The molecule has 1 heteroatoms. The van der Waals surface area contributed by atoms with E-state index in [1.807, 2.05) is 37.3 Å². The second kappa shape index (κ2) is 8.47. The van der Waals surface area contributed by atoms with E-state index in [2.05, 4.69) is 19.9 Å². The van der Waals surface area contributed by atoms with Crippen LogP contribution in [0, 0.1) is 0 Å². The largest absolute Gasteiger partial charge is 0.290 e. The van der Waals surface area contributed by atoms with Gasteiger partial charge in [-0.3, -0.25) is 4.79 Å². The summed E-state index contributed by atoms with van der Waals surface area (Å²) in [4.78, 5) is 12.3. The lowest BCUT2D eigenvalue weighted by atomic mass is 10.00. The Bertz CT molecular complexity index is 452. The molecular formula is C18H24O. The predicted molar refractivity (Wildman–Crippen MR) is 83.0 cm³/mol. The lowest BCUT2D eigenvalue weighted by Gasteiger charge is -2.04. The Hall–Kier alpha value is -1.63. The van der Waals surface area contributed by atoms with Gasteiger partial charge >= 0.3 is 0 Å². The summed E-state index contributed by atoms with van der Waals surface area (Å²) in [6, 6.07) is 10.1. The maximum absolute atomic E-state index is 12.3. The summed E-state index contributed by atoms with van der Waals surface area (Å²) in [7, 11) is 0. The van der Waals surface area contributed by atoms with Gasteiger partial charge in [0, 0.05) is 0 Å². The third kappa shape index (κ3) is 5.25. The molecule has 0 radical (unpaired) electrons. The molecule has 102 valence electrons. The smallest absolute Gasteiger partial charge is 0.181 e. The van der Waals surface area contributed by atoms with Crippen LogP contribution in [0.1, 0.15) is 52.0 Å². The first-order valence-electron chi connectivity index (χ1n) is 7.16. The zero-order valence-corrected chi connectivity index (χ0v) is 12.3. The molecule has 0 aliphatic carbocycles. The summed E-state index contributed by atoms with van der Waals surface area (Å²) >= 11 is 0. The SMILES string of the molecule is CCC/C=C(\CCC)C(=O)/C=C(\C)c1ccccc1. The van der Waals surface area contributed by atoms with E-state index in [1.165, 1.54) is 0 Å². The van der Waals surface area contributed by atoms with Crippen LogP contribution in [0.25, 0.3) is 5.57 Å². The van der Waals surface area contributed by atoms with Gasteiger partial charge in [0.25, 0.3) is 0 Å². The highest BCUT2D eigenvalue weighted by atomic mass is 16.1. The molecule has 0 aliphatic rings. The quantitative estimate of drug-likeness (QED) is 0.614. The zero-order chi connectivity index (χ0) is 14.1. The fourth-order valence-corrected chi connectivity index (χ4v) is 1.99. The van der Waals surface area contributed by atoms with Crippen LogP contribution in [0.15, 0.2) is 48.1 Å². The Morgan fingerprint density at radius 1 is 1.11 bits per heavy atom. The van der Waals surface area contributed by atoms with E-state index in [4.69, 9.17) is 0 Å². The Morgan fingerprint density at radius 2 is 1.79 bits per heavy atom. The van der Waals surface area contributed by atoms with Crippen LogP contribution in [0.2, 0.25) is 0 Å². The van der Waals surface area contributed by atoms with E-state index in [0.29, 0.717) is 0 Å². The summed E-state index contributed by atoms with van der Waals surface area (Å²) in [5.41, 5.74) is 3.10. The van der Waals surface area contributed by atoms with Crippen LogP contribution in [0.4, 0.5) is 0 Å². The van der Waals surface area contributed by atoms with E-state index in [9.17, 15) is 4.79 Å². The molecular weight excluding hydrogens is 232 g/mol. The van der Waals surface area contributed by atoms with Gasteiger partial charge in [0.2, 0.25) is 0 Å². The molecule has 0 atom stereocenters. The fourth-order valence-electron chi connectivity index (χ4n) is 1.99. The minimum absolute atomic E-state index is 0.164. The highest BCUT2D eigenvalue weighted by molar-refractivity contribution is 6.07. The van der Waals surface area contributed by atoms with Crippen molar-refractivity contribution >= 4 is 11.4 Å². The van der Waals surface area contributed by atoms with Crippen molar-refractivity contribution in [2.24, 2.45) is 0 Å². The lowest BCUT2D eigenvalue weighted by Crippen LogP contribution is -2.00. The zero-order valence-electron chi connectivity index (χ0n) is 12.3. The van der Waals surface area contributed by atoms with Crippen molar-refractivity contribution in [2.75, 3.05) is 0 Å². The summed E-state index contributed by atoms with van der Waals surface area (Å²) in [6.45, 7) is 6.24. The molecule has 0 N–H and O–H groups in total. The van der Waals surface area contributed by atoms with Crippen LogP contribution in [0.5, 0.6) is 0 Å². The van der Waals surface area contributed by atoms with Gasteiger partial charge in [-0.25, -0.2) is 0 Å².